The first-order chi connectivity index (χ1) is 9.74. The molecule has 5 nitrogen and oxygen atoms in total. The maximum atomic E-state index is 10.6. The van der Waals surface area contributed by atoms with Crippen LogP contribution in [0.2, 0.25) is 0 Å². The van der Waals surface area contributed by atoms with Crippen LogP contribution >= 0.6 is 0 Å². The minimum atomic E-state index is -0.352. The lowest BCUT2D eigenvalue weighted by atomic mass is 10.1. The Labute approximate surface area is 118 Å². The first kappa shape index (κ1) is 13.5. The first-order valence-corrected chi connectivity index (χ1v) is 7.33. The quantitative estimate of drug-likeness (QED) is 0.626. The average molecular weight is 276 g/mol. The zero-order valence-electron chi connectivity index (χ0n) is 11.5. The summed E-state index contributed by atoms with van der Waals surface area (Å²) in [6.45, 7) is 2.86. The Hall–Kier alpha value is -1.46. The smallest absolute Gasteiger partial charge is 0.269 e. The molecule has 1 aromatic rings. The highest BCUT2D eigenvalue weighted by atomic mass is 16.6. The van der Waals surface area contributed by atoms with Crippen LogP contribution in [0, 0.1) is 10.1 Å². The number of nitro benzene ring substituents is 1. The van der Waals surface area contributed by atoms with Gasteiger partial charge in [0.05, 0.1) is 17.6 Å². The summed E-state index contributed by atoms with van der Waals surface area (Å²) in [6.07, 6.45) is 5.08. The molecule has 108 valence electrons. The molecule has 5 heteroatoms. The van der Waals surface area contributed by atoms with Crippen molar-refractivity contribution < 1.29 is 9.66 Å². The van der Waals surface area contributed by atoms with Crippen LogP contribution in [-0.2, 0) is 11.2 Å². The fourth-order valence-corrected chi connectivity index (χ4v) is 3.34. The van der Waals surface area contributed by atoms with Crippen LogP contribution in [0.5, 0.6) is 0 Å². The summed E-state index contributed by atoms with van der Waals surface area (Å²) in [4.78, 5) is 12.8. The summed E-state index contributed by atoms with van der Waals surface area (Å²) >= 11 is 0. The molecule has 1 aliphatic carbocycles. The van der Waals surface area contributed by atoms with Gasteiger partial charge in [-0.05, 0) is 31.2 Å². The number of fused-ring (bicyclic) bond motifs is 1. The lowest BCUT2D eigenvalue weighted by molar-refractivity contribution is -0.384. The van der Waals surface area contributed by atoms with Gasteiger partial charge in [-0.15, -0.1) is 0 Å². The van der Waals surface area contributed by atoms with Crippen molar-refractivity contribution in [3.63, 3.8) is 0 Å². The monoisotopic (exact) mass is 276 g/mol. The number of ether oxygens (including phenoxy) is 1. The Bertz CT molecular complexity index is 475. The summed E-state index contributed by atoms with van der Waals surface area (Å²) < 4.78 is 5.81. The molecule has 1 saturated carbocycles. The highest BCUT2D eigenvalue weighted by Gasteiger charge is 2.35. The summed E-state index contributed by atoms with van der Waals surface area (Å²) in [6, 6.07) is 7.50. The maximum absolute atomic E-state index is 10.6. The summed E-state index contributed by atoms with van der Waals surface area (Å²) in [5, 5.41) is 10.6. The fraction of sp³-hybridized carbons (Fsp3) is 0.600. The Morgan fingerprint density at radius 1 is 1.30 bits per heavy atom. The molecule has 1 saturated heterocycles. The minimum absolute atomic E-state index is 0.163. The standard InChI is InChI=1S/C15H20N2O3/c18-17(19)13-6-4-12(5-7-13)8-9-16-10-11-20-15-3-1-2-14(15)16/h4-7,14-15H,1-3,8-11H2/t14-,15+/m1/s1. The molecule has 20 heavy (non-hydrogen) atoms. The molecule has 1 aromatic carbocycles. The molecule has 0 spiro atoms. The van der Waals surface area contributed by atoms with E-state index in [2.05, 4.69) is 4.90 Å². The molecular weight excluding hydrogens is 256 g/mol. The minimum Gasteiger partial charge on any atom is -0.375 e. The van der Waals surface area contributed by atoms with E-state index in [-0.39, 0.29) is 10.6 Å². The topological polar surface area (TPSA) is 55.6 Å². The van der Waals surface area contributed by atoms with Gasteiger partial charge in [0.15, 0.2) is 0 Å². The molecule has 0 radical (unpaired) electrons. The number of benzene rings is 1. The molecule has 3 rings (SSSR count). The van der Waals surface area contributed by atoms with E-state index in [1.54, 1.807) is 12.1 Å². The summed E-state index contributed by atoms with van der Waals surface area (Å²) in [5.74, 6) is 0. The van der Waals surface area contributed by atoms with Gasteiger partial charge >= 0.3 is 0 Å². The van der Waals surface area contributed by atoms with Gasteiger partial charge in [-0.3, -0.25) is 15.0 Å². The lowest BCUT2D eigenvalue weighted by Gasteiger charge is -2.37. The normalized spacial score (nSPS) is 26.4. The largest absolute Gasteiger partial charge is 0.375 e. The highest BCUT2D eigenvalue weighted by molar-refractivity contribution is 5.32. The number of rotatable bonds is 4. The summed E-state index contributed by atoms with van der Waals surface area (Å²) in [7, 11) is 0. The van der Waals surface area contributed by atoms with Crippen molar-refractivity contribution in [3.8, 4) is 0 Å². The van der Waals surface area contributed by atoms with Crippen molar-refractivity contribution in [1.29, 1.82) is 0 Å². The van der Waals surface area contributed by atoms with E-state index >= 15 is 0 Å². The van der Waals surface area contributed by atoms with E-state index < -0.39 is 0 Å². The van der Waals surface area contributed by atoms with Crippen LogP contribution in [0.15, 0.2) is 24.3 Å². The number of non-ortho nitro benzene ring substituents is 1. The van der Waals surface area contributed by atoms with Gasteiger partial charge in [0.25, 0.3) is 5.69 Å². The van der Waals surface area contributed by atoms with Crippen LogP contribution < -0.4 is 0 Å². The van der Waals surface area contributed by atoms with Crippen LogP contribution in [0.25, 0.3) is 0 Å². The van der Waals surface area contributed by atoms with Gasteiger partial charge in [0.1, 0.15) is 0 Å². The molecular formula is C15H20N2O3. The van der Waals surface area contributed by atoms with E-state index in [0.717, 1.165) is 31.7 Å². The Balaban J connectivity index is 1.57. The van der Waals surface area contributed by atoms with Crippen molar-refractivity contribution in [2.75, 3.05) is 19.7 Å². The molecule has 0 N–H and O–H groups in total. The number of nitrogens with zero attached hydrogens (tertiary/aromatic N) is 2. The highest BCUT2D eigenvalue weighted by Crippen LogP contribution is 2.29. The molecule has 2 fully saturated rings. The number of hydrogen-bond donors (Lipinski definition) is 0. The van der Waals surface area contributed by atoms with E-state index in [4.69, 9.17) is 4.74 Å². The van der Waals surface area contributed by atoms with Crippen molar-refractivity contribution in [3.05, 3.63) is 39.9 Å². The van der Waals surface area contributed by atoms with Crippen LogP contribution in [0.3, 0.4) is 0 Å². The van der Waals surface area contributed by atoms with Crippen molar-refractivity contribution in [1.82, 2.24) is 4.90 Å². The van der Waals surface area contributed by atoms with Gasteiger partial charge in [-0.25, -0.2) is 0 Å². The zero-order chi connectivity index (χ0) is 13.9. The van der Waals surface area contributed by atoms with Crippen molar-refractivity contribution in [2.24, 2.45) is 0 Å². The third kappa shape index (κ3) is 2.83. The van der Waals surface area contributed by atoms with E-state index in [1.165, 1.54) is 19.3 Å². The third-order valence-corrected chi connectivity index (χ3v) is 4.43. The van der Waals surface area contributed by atoms with Gasteiger partial charge in [0, 0.05) is 31.3 Å². The Kier molecular flexibility index (Phi) is 3.98. The van der Waals surface area contributed by atoms with E-state index in [1.807, 2.05) is 12.1 Å². The first-order valence-electron chi connectivity index (χ1n) is 7.33. The maximum Gasteiger partial charge on any atom is 0.269 e. The molecule has 2 atom stereocenters. The molecule has 0 amide bonds. The lowest BCUT2D eigenvalue weighted by Crippen LogP contribution is -2.49. The van der Waals surface area contributed by atoms with Crippen LogP contribution in [0.4, 0.5) is 5.69 Å². The van der Waals surface area contributed by atoms with Gasteiger partial charge < -0.3 is 4.74 Å². The summed E-state index contributed by atoms with van der Waals surface area (Å²) in [5.41, 5.74) is 1.33. The average Bonchev–Trinajstić information content (AvgIpc) is 2.94. The van der Waals surface area contributed by atoms with Crippen LogP contribution in [-0.4, -0.2) is 41.7 Å². The number of hydrogen-bond acceptors (Lipinski definition) is 4. The molecule has 0 bridgehead atoms. The zero-order valence-corrected chi connectivity index (χ0v) is 11.5. The van der Waals surface area contributed by atoms with Gasteiger partial charge in [0.2, 0.25) is 0 Å². The fourth-order valence-electron chi connectivity index (χ4n) is 3.34. The van der Waals surface area contributed by atoms with Crippen molar-refractivity contribution in [2.45, 2.75) is 37.8 Å². The predicted molar refractivity (Wildman–Crippen MR) is 75.8 cm³/mol. The SMILES string of the molecule is O=[N+]([O-])c1ccc(CCN2CCO[C@H]3CCC[C@H]32)cc1. The van der Waals surface area contributed by atoms with Gasteiger partial charge in [-0.1, -0.05) is 12.1 Å². The molecule has 0 aromatic heterocycles. The predicted octanol–water partition coefficient (Wildman–Crippen LogP) is 2.39. The number of nitro groups is 1. The second kappa shape index (κ2) is 5.89. The Morgan fingerprint density at radius 2 is 2.10 bits per heavy atom. The second-order valence-electron chi connectivity index (χ2n) is 5.62. The molecule has 1 aliphatic heterocycles. The molecule has 1 heterocycles. The number of morpholine rings is 1. The molecule has 0 unspecified atom stereocenters. The third-order valence-electron chi connectivity index (χ3n) is 4.43. The van der Waals surface area contributed by atoms with Gasteiger partial charge in [-0.2, -0.15) is 0 Å². The van der Waals surface area contributed by atoms with E-state index in [0.29, 0.717) is 12.1 Å². The molecule has 2 aliphatic rings. The van der Waals surface area contributed by atoms with Crippen LogP contribution in [0.1, 0.15) is 24.8 Å². The Morgan fingerprint density at radius 3 is 2.85 bits per heavy atom. The second-order valence-corrected chi connectivity index (χ2v) is 5.62. The van der Waals surface area contributed by atoms with E-state index in [9.17, 15) is 10.1 Å². The van der Waals surface area contributed by atoms with Crippen molar-refractivity contribution >= 4 is 5.69 Å².